The maximum Gasteiger partial charge on any atom is 0.293 e. The molecule has 1 atom stereocenters. The first-order valence-corrected chi connectivity index (χ1v) is 11.7. The van der Waals surface area contributed by atoms with Crippen molar-refractivity contribution in [3.63, 3.8) is 0 Å². The van der Waals surface area contributed by atoms with Crippen molar-refractivity contribution >= 4 is 56.6 Å². The third-order valence-corrected chi connectivity index (χ3v) is 5.85. The van der Waals surface area contributed by atoms with Crippen molar-refractivity contribution in [1.82, 2.24) is 10.3 Å². The number of para-hydroxylation sites is 2. The highest BCUT2D eigenvalue weighted by molar-refractivity contribution is 6.10. The lowest BCUT2D eigenvalue weighted by Gasteiger charge is -2.14. The lowest BCUT2D eigenvalue weighted by molar-refractivity contribution is -0.383. The fraction of sp³-hybridized carbons (Fsp3) is 0.154. The zero-order chi connectivity index (χ0) is 27.2. The first-order valence-electron chi connectivity index (χ1n) is 11.7. The summed E-state index contributed by atoms with van der Waals surface area (Å²) in [6.45, 7) is 0.292. The van der Waals surface area contributed by atoms with E-state index in [-0.39, 0.29) is 29.3 Å². The molecule has 12 heteroatoms. The number of hydrogen-bond donors (Lipinski definition) is 5. The van der Waals surface area contributed by atoms with Crippen LogP contribution in [0.2, 0.25) is 0 Å². The van der Waals surface area contributed by atoms with Crippen molar-refractivity contribution in [2.24, 2.45) is 22.2 Å². The number of nitro groups is 1. The molecule has 0 bridgehead atoms. The van der Waals surface area contributed by atoms with Gasteiger partial charge in [0, 0.05) is 28.9 Å². The van der Waals surface area contributed by atoms with Gasteiger partial charge in [-0.15, -0.1) is 0 Å². The number of carbonyl (C=O) groups excluding carboxylic acids is 2. The van der Waals surface area contributed by atoms with E-state index in [1.807, 2.05) is 48.5 Å². The number of nitrogens with one attached hydrogen (secondary N) is 2. The van der Waals surface area contributed by atoms with E-state index in [9.17, 15) is 19.7 Å². The molecule has 1 heterocycles. The van der Waals surface area contributed by atoms with E-state index in [4.69, 9.17) is 17.2 Å². The Bertz CT molecular complexity index is 1510. The number of hydrogen-bond acceptors (Lipinski definition) is 8. The number of benzene rings is 3. The minimum Gasteiger partial charge on any atom is -0.370 e. The average molecular weight is 515 g/mol. The summed E-state index contributed by atoms with van der Waals surface area (Å²) in [7, 11) is 0. The molecule has 3 aromatic carbocycles. The highest BCUT2D eigenvalue weighted by atomic mass is 16.6. The molecule has 0 radical (unpaired) electrons. The molecule has 0 fully saturated rings. The van der Waals surface area contributed by atoms with Crippen LogP contribution in [0.3, 0.4) is 0 Å². The van der Waals surface area contributed by atoms with Crippen LogP contribution < -0.4 is 27.8 Å². The van der Waals surface area contributed by atoms with Crippen LogP contribution in [0.4, 0.5) is 17.1 Å². The second-order valence-corrected chi connectivity index (χ2v) is 8.51. The highest BCUT2D eigenvalue weighted by Gasteiger charge is 2.22. The van der Waals surface area contributed by atoms with Gasteiger partial charge >= 0.3 is 0 Å². The topological polar surface area (TPSA) is 205 Å². The molecule has 0 unspecified atom stereocenters. The molecule has 0 aliphatic heterocycles. The predicted octanol–water partition coefficient (Wildman–Crippen LogP) is 2.68. The maximum absolute atomic E-state index is 12.7. The SMILES string of the molecule is NC(N)=NCCC[C@H](N)C(=O)NC(=O)c1ccc(Nc2c3ccccc3nc3ccccc23)c([N+](=O)[O-])c1. The monoisotopic (exact) mass is 514 g/mol. The van der Waals surface area contributed by atoms with Crippen LogP contribution in [0.5, 0.6) is 0 Å². The van der Waals surface area contributed by atoms with Crippen molar-refractivity contribution in [2.75, 3.05) is 11.9 Å². The van der Waals surface area contributed by atoms with Gasteiger partial charge in [-0.2, -0.15) is 0 Å². The van der Waals surface area contributed by atoms with Crippen LogP contribution in [-0.2, 0) is 4.79 Å². The Labute approximate surface area is 217 Å². The molecule has 0 aliphatic rings. The number of imide groups is 1. The molecular weight excluding hydrogens is 488 g/mol. The van der Waals surface area contributed by atoms with Gasteiger partial charge in [-0.1, -0.05) is 36.4 Å². The minimum atomic E-state index is -0.975. The van der Waals surface area contributed by atoms with Crippen molar-refractivity contribution in [3.8, 4) is 0 Å². The standard InChI is InChI=1S/C26H26N8O4/c27-18(8-5-13-30-26(28)29)25(36)33-24(35)15-11-12-21(22(14-15)34(37)38)32-23-16-6-1-3-9-19(16)31-20-10-4-2-7-17(20)23/h1-4,6-7,9-12,14,18H,5,8,13,27H2,(H,31,32)(H4,28,29,30)(H,33,35,36)/t18-/m0/s1. The Kier molecular flexibility index (Phi) is 7.73. The number of carbonyl (C=O) groups is 2. The number of pyridine rings is 1. The van der Waals surface area contributed by atoms with E-state index in [0.29, 0.717) is 18.7 Å². The number of amides is 2. The van der Waals surface area contributed by atoms with Gasteiger partial charge in [0.1, 0.15) is 5.69 Å². The highest BCUT2D eigenvalue weighted by Crippen LogP contribution is 2.36. The number of rotatable bonds is 9. The zero-order valence-electron chi connectivity index (χ0n) is 20.3. The van der Waals surface area contributed by atoms with Crippen LogP contribution >= 0.6 is 0 Å². The lowest BCUT2D eigenvalue weighted by atomic mass is 10.1. The summed E-state index contributed by atoms with van der Waals surface area (Å²) in [6.07, 6.45) is 0.678. The molecular formula is C26H26N8O4. The minimum absolute atomic E-state index is 0.0623. The molecule has 0 saturated carbocycles. The summed E-state index contributed by atoms with van der Waals surface area (Å²) in [5.74, 6) is -1.58. The lowest BCUT2D eigenvalue weighted by Crippen LogP contribution is -2.43. The summed E-state index contributed by atoms with van der Waals surface area (Å²) >= 11 is 0. The fourth-order valence-electron chi connectivity index (χ4n) is 3.97. The summed E-state index contributed by atoms with van der Waals surface area (Å²) < 4.78 is 0. The predicted molar refractivity (Wildman–Crippen MR) is 146 cm³/mol. The van der Waals surface area contributed by atoms with E-state index in [0.717, 1.165) is 27.9 Å². The molecule has 0 saturated heterocycles. The van der Waals surface area contributed by atoms with E-state index < -0.39 is 22.8 Å². The van der Waals surface area contributed by atoms with E-state index >= 15 is 0 Å². The third-order valence-electron chi connectivity index (χ3n) is 5.85. The van der Waals surface area contributed by atoms with Gasteiger partial charge in [-0.05, 0) is 37.1 Å². The normalized spacial score (nSPS) is 11.6. The van der Waals surface area contributed by atoms with Gasteiger partial charge in [0.05, 0.1) is 27.7 Å². The van der Waals surface area contributed by atoms with E-state index in [1.165, 1.54) is 12.1 Å². The van der Waals surface area contributed by atoms with Gasteiger partial charge in [0.15, 0.2) is 5.96 Å². The quantitative estimate of drug-likeness (QED) is 0.0555. The Hall–Kier alpha value is -5.10. The Morgan fingerprint density at radius 2 is 1.63 bits per heavy atom. The number of nitrogens with zero attached hydrogens (tertiary/aromatic N) is 3. The van der Waals surface area contributed by atoms with Crippen molar-refractivity contribution in [1.29, 1.82) is 0 Å². The summed E-state index contributed by atoms with van der Waals surface area (Å²) in [4.78, 5) is 44.8. The number of aromatic nitrogens is 1. The maximum atomic E-state index is 12.7. The first-order chi connectivity index (χ1) is 18.2. The molecule has 2 amide bonds. The van der Waals surface area contributed by atoms with Crippen LogP contribution in [0.15, 0.2) is 71.7 Å². The van der Waals surface area contributed by atoms with Crippen LogP contribution in [-0.4, -0.2) is 40.3 Å². The number of aliphatic imine (C=N–C) groups is 1. The second kappa shape index (κ2) is 11.3. The molecule has 12 nitrogen and oxygen atoms in total. The van der Waals surface area contributed by atoms with E-state index in [2.05, 4.69) is 20.6 Å². The molecule has 194 valence electrons. The van der Waals surface area contributed by atoms with Crippen LogP contribution in [0.25, 0.3) is 21.8 Å². The Morgan fingerprint density at radius 1 is 1.00 bits per heavy atom. The first kappa shape index (κ1) is 26.0. The molecule has 4 aromatic rings. The molecule has 38 heavy (non-hydrogen) atoms. The third kappa shape index (κ3) is 5.82. The molecule has 4 rings (SSSR count). The Balaban J connectivity index is 1.58. The van der Waals surface area contributed by atoms with E-state index in [1.54, 1.807) is 0 Å². The van der Waals surface area contributed by atoms with Gasteiger partial charge in [0.25, 0.3) is 11.6 Å². The van der Waals surface area contributed by atoms with Crippen molar-refractivity contribution in [3.05, 3.63) is 82.4 Å². The van der Waals surface area contributed by atoms with Gasteiger partial charge < -0.3 is 22.5 Å². The van der Waals surface area contributed by atoms with Crippen molar-refractivity contribution in [2.45, 2.75) is 18.9 Å². The smallest absolute Gasteiger partial charge is 0.293 e. The van der Waals surface area contributed by atoms with Crippen LogP contribution in [0, 0.1) is 10.1 Å². The Morgan fingerprint density at radius 3 is 2.24 bits per heavy atom. The molecule has 8 N–H and O–H groups in total. The summed E-state index contributed by atoms with van der Waals surface area (Å²) in [5.41, 5.74) is 18.2. The van der Waals surface area contributed by atoms with Crippen LogP contribution in [0.1, 0.15) is 23.2 Å². The average Bonchev–Trinajstić information content (AvgIpc) is 2.90. The largest absolute Gasteiger partial charge is 0.370 e. The number of guanidine groups is 1. The summed E-state index contributed by atoms with van der Waals surface area (Å²) in [6, 6.07) is 17.9. The number of nitro benzene ring substituents is 1. The number of nitrogens with two attached hydrogens (primary N) is 3. The van der Waals surface area contributed by atoms with Crippen molar-refractivity contribution < 1.29 is 14.5 Å². The molecule has 1 aromatic heterocycles. The van der Waals surface area contributed by atoms with Gasteiger partial charge in [-0.3, -0.25) is 30.0 Å². The fourth-order valence-corrected chi connectivity index (χ4v) is 3.97. The zero-order valence-corrected chi connectivity index (χ0v) is 20.3. The van der Waals surface area contributed by atoms with Gasteiger partial charge in [-0.25, -0.2) is 4.98 Å². The molecule has 0 aliphatic carbocycles. The number of anilines is 2. The molecule has 0 spiro atoms. The summed E-state index contributed by atoms with van der Waals surface area (Å²) in [5, 5.41) is 18.9. The number of fused-ring (bicyclic) bond motifs is 2. The second-order valence-electron chi connectivity index (χ2n) is 8.51. The van der Waals surface area contributed by atoms with Gasteiger partial charge in [0.2, 0.25) is 5.91 Å².